The molecular formula is C15H23NO3S. The highest BCUT2D eigenvalue weighted by Gasteiger charge is 2.22. The van der Waals surface area contributed by atoms with Gasteiger partial charge in [-0.1, -0.05) is 26.7 Å². The van der Waals surface area contributed by atoms with Gasteiger partial charge in [-0.25, -0.2) is 4.79 Å². The number of methoxy groups -OCH3 is 1. The van der Waals surface area contributed by atoms with Gasteiger partial charge in [0.05, 0.1) is 12.7 Å². The predicted octanol–water partition coefficient (Wildman–Crippen LogP) is 3.92. The highest BCUT2D eigenvalue weighted by molar-refractivity contribution is 7.16. The molecule has 1 aromatic rings. The summed E-state index contributed by atoms with van der Waals surface area (Å²) in [5.74, 6) is -0.414. The number of thiophene rings is 1. The van der Waals surface area contributed by atoms with Crippen LogP contribution >= 0.6 is 11.3 Å². The Morgan fingerprint density at radius 1 is 1.25 bits per heavy atom. The number of ether oxygens (including phenoxy) is 1. The number of carbonyl (C=O) groups excluding carboxylic acids is 2. The summed E-state index contributed by atoms with van der Waals surface area (Å²) in [5, 5.41) is 3.48. The molecule has 1 aromatic heterocycles. The van der Waals surface area contributed by atoms with Crippen molar-refractivity contribution in [1.82, 2.24) is 0 Å². The number of hydrogen-bond donors (Lipinski definition) is 1. The third kappa shape index (κ3) is 4.07. The predicted molar refractivity (Wildman–Crippen MR) is 82.5 cm³/mol. The van der Waals surface area contributed by atoms with Crippen molar-refractivity contribution < 1.29 is 14.3 Å². The van der Waals surface area contributed by atoms with E-state index in [1.165, 1.54) is 18.4 Å². The molecule has 0 aliphatic heterocycles. The number of aryl methyl sites for hydroxylation is 1. The molecule has 112 valence electrons. The number of esters is 1. The lowest BCUT2D eigenvalue weighted by Gasteiger charge is -2.06. The molecule has 20 heavy (non-hydrogen) atoms. The molecule has 1 rings (SSSR count). The van der Waals surface area contributed by atoms with Gasteiger partial charge in [-0.15, -0.1) is 11.3 Å². The number of rotatable bonds is 7. The van der Waals surface area contributed by atoms with Crippen molar-refractivity contribution in [2.45, 2.75) is 52.9 Å². The van der Waals surface area contributed by atoms with Gasteiger partial charge in [0.2, 0.25) is 5.91 Å². The number of anilines is 1. The molecule has 0 aromatic carbocycles. The first kappa shape index (κ1) is 16.7. The van der Waals surface area contributed by atoms with Crippen molar-refractivity contribution in [3.63, 3.8) is 0 Å². The van der Waals surface area contributed by atoms with Crippen LogP contribution in [0.3, 0.4) is 0 Å². The Balaban J connectivity index is 2.89. The zero-order valence-corrected chi connectivity index (χ0v) is 13.5. The quantitative estimate of drug-likeness (QED) is 0.613. The van der Waals surface area contributed by atoms with Gasteiger partial charge in [-0.05, 0) is 25.3 Å². The Morgan fingerprint density at radius 2 is 1.95 bits per heavy atom. The number of amides is 1. The van der Waals surface area contributed by atoms with Gasteiger partial charge >= 0.3 is 5.97 Å². The molecular weight excluding hydrogens is 274 g/mol. The Bertz CT molecular complexity index is 480. The average Bonchev–Trinajstić information content (AvgIpc) is 2.73. The maximum atomic E-state index is 11.9. The van der Waals surface area contributed by atoms with Crippen LogP contribution in [-0.2, 0) is 16.0 Å². The molecule has 5 heteroatoms. The molecule has 0 fully saturated rings. The Morgan fingerprint density at radius 3 is 2.50 bits per heavy atom. The third-order valence-electron chi connectivity index (χ3n) is 3.21. The smallest absolute Gasteiger partial charge is 0.341 e. The van der Waals surface area contributed by atoms with Crippen LogP contribution in [0.4, 0.5) is 5.00 Å². The van der Waals surface area contributed by atoms with E-state index >= 15 is 0 Å². The van der Waals surface area contributed by atoms with E-state index < -0.39 is 0 Å². The van der Waals surface area contributed by atoms with Crippen molar-refractivity contribution in [1.29, 1.82) is 0 Å². The number of unbranched alkanes of at least 4 members (excludes halogenated alkanes) is 2. The van der Waals surface area contributed by atoms with E-state index in [9.17, 15) is 9.59 Å². The van der Waals surface area contributed by atoms with Gasteiger partial charge in [-0.2, -0.15) is 0 Å². The van der Waals surface area contributed by atoms with Crippen LogP contribution in [0.5, 0.6) is 0 Å². The molecule has 1 heterocycles. The topological polar surface area (TPSA) is 55.4 Å². The molecule has 0 aliphatic rings. The highest BCUT2D eigenvalue weighted by Crippen LogP contribution is 2.34. The maximum Gasteiger partial charge on any atom is 0.341 e. The normalized spacial score (nSPS) is 10.4. The van der Waals surface area contributed by atoms with Crippen LogP contribution in [0, 0.1) is 6.92 Å². The van der Waals surface area contributed by atoms with Gasteiger partial charge in [0.1, 0.15) is 5.00 Å². The molecule has 0 unspecified atom stereocenters. The summed E-state index contributed by atoms with van der Waals surface area (Å²) in [6, 6.07) is 0. The molecule has 0 saturated heterocycles. The van der Waals surface area contributed by atoms with Gasteiger partial charge < -0.3 is 10.1 Å². The second-order valence-electron chi connectivity index (χ2n) is 4.69. The van der Waals surface area contributed by atoms with Gasteiger partial charge in [-0.3, -0.25) is 4.79 Å². The number of nitrogens with one attached hydrogen (secondary N) is 1. The lowest BCUT2D eigenvalue weighted by molar-refractivity contribution is -0.116. The van der Waals surface area contributed by atoms with E-state index in [1.807, 2.05) is 13.8 Å². The average molecular weight is 297 g/mol. The lowest BCUT2D eigenvalue weighted by Crippen LogP contribution is -2.14. The monoisotopic (exact) mass is 297 g/mol. The van der Waals surface area contributed by atoms with E-state index in [0.717, 1.165) is 36.1 Å². The minimum absolute atomic E-state index is 0.0347. The van der Waals surface area contributed by atoms with E-state index in [2.05, 4.69) is 12.2 Å². The molecule has 0 spiro atoms. The number of carbonyl (C=O) groups is 2. The summed E-state index contributed by atoms with van der Waals surface area (Å²) in [4.78, 5) is 24.9. The standard InChI is InChI=1S/C15H23NO3S/c1-5-7-8-9-12(17)16-14-13(15(18)19-4)11(6-2)10(3)20-14/h5-9H2,1-4H3,(H,16,17). The fourth-order valence-corrected chi connectivity index (χ4v) is 3.28. The molecule has 4 nitrogen and oxygen atoms in total. The summed E-state index contributed by atoms with van der Waals surface area (Å²) < 4.78 is 4.83. The Labute approximate surface area is 124 Å². The first-order valence-corrected chi connectivity index (χ1v) is 7.87. The van der Waals surface area contributed by atoms with E-state index in [-0.39, 0.29) is 11.9 Å². The fourth-order valence-electron chi connectivity index (χ4n) is 2.14. The minimum atomic E-state index is -0.380. The Kier molecular flexibility index (Phi) is 6.71. The van der Waals surface area contributed by atoms with Crippen LogP contribution in [0.15, 0.2) is 0 Å². The molecule has 1 N–H and O–H groups in total. The van der Waals surface area contributed by atoms with Crippen LogP contribution in [0.1, 0.15) is 60.3 Å². The second kappa shape index (κ2) is 8.04. The van der Waals surface area contributed by atoms with Crippen molar-refractivity contribution in [3.05, 3.63) is 16.0 Å². The van der Waals surface area contributed by atoms with Gasteiger partial charge in [0, 0.05) is 11.3 Å². The van der Waals surface area contributed by atoms with Crippen molar-refractivity contribution in [2.75, 3.05) is 12.4 Å². The van der Waals surface area contributed by atoms with E-state index in [4.69, 9.17) is 4.74 Å². The van der Waals surface area contributed by atoms with Crippen molar-refractivity contribution in [3.8, 4) is 0 Å². The number of hydrogen-bond acceptors (Lipinski definition) is 4. The van der Waals surface area contributed by atoms with Gasteiger partial charge in [0.15, 0.2) is 0 Å². The maximum absolute atomic E-state index is 11.9. The van der Waals surface area contributed by atoms with E-state index in [0.29, 0.717) is 17.0 Å². The summed E-state index contributed by atoms with van der Waals surface area (Å²) in [6.07, 6.45) is 4.24. The van der Waals surface area contributed by atoms with Crippen LogP contribution < -0.4 is 5.32 Å². The SMILES string of the molecule is CCCCCC(=O)Nc1sc(C)c(CC)c1C(=O)OC. The summed E-state index contributed by atoms with van der Waals surface area (Å²) in [6.45, 7) is 6.06. The molecule has 0 radical (unpaired) electrons. The Hall–Kier alpha value is -1.36. The third-order valence-corrected chi connectivity index (χ3v) is 4.28. The summed E-state index contributed by atoms with van der Waals surface area (Å²) >= 11 is 1.44. The molecule has 0 bridgehead atoms. The van der Waals surface area contributed by atoms with Gasteiger partial charge in [0.25, 0.3) is 0 Å². The summed E-state index contributed by atoms with van der Waals surface area (Å²) in [5.41, 5.74) is 1.48. The zero-order valence-electron chi connectivity index (χ0n) is 12.7. The first-order valence-electron chi connectivity index (χ1n) is 7.05. The van der Waals surface area contributed by atoms with Crippen molar-refractivity contribution in [2.24, 2.45) is 0 Å². The van der Waals surface area contributed by atoms with Crippen molar-refractivity contribution >= 4 is 28.2 Å². The zero-order chi connectivity index (χ0) is 15.1. The summed E-state index contributed by atoms with van der Waals surface area (Å²) in [7, 11) is 1.36. The molecule has 1 amide bonds. The van der Waals surface area contributed by atoms with Crippen LogP contribution in [0.25, 0.3) is 0 Å². The van der Waals surface area contributed by atoms with Crippen LogP contribution in [0.2, 0.25) is 0 Å². The lowest BCUT2D eigenvalue weighted by atomic mass is 10.1. The second-order valence-corrected chi connectivity index (χ2v) is 5.92. The molecule has 0 saturated carbocycles. The van der Waals surface area contributed by atoms with Crippen LogP contribution in [-0.4, -0.2) is 19.0 Å². The minimum Gasteiger partial charge on any atom is -0.465 e. The fraction of sp³-hybridized carbons (Fsp3) is 0.600. The van der Waals surface area contributed by atoms with E-state index in [1.54, 1.807) is 0 Å². The molecule has 0 atom stereocenters. The largest absolute Gasteiger partial charge is 0.465 e. The molecule has 0 aliphatic carbocycles. The first-order chi connectivity index (χ1) is 9.54. The highest BCUT2D eigenvalue weighted by atomic mass is 32.1.